The van der Waals surface area contributed by atoms with Crippen LogP contribution in [0.15, 0.2) is 131 Å². The van der Waals surface area contributed by atoms with Gasteiger partial charge in [0.1, 0.15) is 18.2 Å². The number of alkyl halides is 3. The molecule has 0 aliphatic heterocycles. The molecule has 0 aliphatic carbocycles. The van der Waals surface area contributed by atoms with E-state index in [1.54, 1.807) is 54.6 Å². The highest BCUT2D eigenvalue weighted by Gasteiger charge is 2.30. The SMILES string of the molecule is O=c1n(-c2ccc(C(F)(F)F)cc2)nc(COc2ccc(-c3ccc(NS(=O)(=O)c4ccccc4)cn3)cc2)n1-c1ccccc1F. The second-order valence-corrected chi connectivity index (χ2v) is 11.8. The number of halogens is 4. The normalized spacial score (nSPS) is 11.7. The van der Waals surface area contributed by atoms with Crippen LogP contribution in [-0.4, -0.2) is 27.7 Å². The number of para-hydroxylation sites is 1. The van der Waals surface area contributed by atoms with Gasteiger partial charge in [-0.15, -0.1) is 5.10 Å². The maximum Gasteiger partial charge on any atom is 0.416 e. The molecule has 2 aromatic heterocycles. The molecule has 0 saturated carbocycles. The van der Waals surface area contributed by atoms with Gasteiger partial charge in [-0.2, -0.15) is 17.9 Å². The molecule has 0 amide bonds. The first-order chi connectivity index (χ1) is 22.5. The van der Waals surface area contributed by atoms with E-state index in [2.05, 4.69) is 14.8 Å². The molecule has 0 saturated heterocycles. The van der Waals surface area contributed by atoms with Crippen LogP contribution in [0.5, 0.6) is 5.75 Å². The molecule has 0 unspecified atom stereocenters. The van der Waals surface area contributed by atoms with E-state index >= 15 is 0 Å². The van der Waals surface area contributed by atoms with Crippen molar-refractivity contribution in [1.82, 2.24) is 19.3 Å². The molecule has 1 N–H and O–H groups in total. The van der Waals surface area contributed by atoms with Gasteiger partial charge in [-0.3, -0.25) is 9.71 Å². The van der Waals surface area contributed by atoms with E-state index in [1.807, 2.05) is 0 Å². The quantitative estimate of drug-likeness (QED) is 0.175. The monoisotopic (exact) mass is 661 g/mol. The number of nitrogens with zero attached hydrogens (tertiary/aromatic N) is 4. The van der Waals surface area contributed by atoms with Crippen LogP contribution >= 0.6 is 0 Å². The van der Waals surface area contributed by atoms with Gasteiger partial charge < -0.3 is 4.74 Å². The van der Waals surface area contributed by atoms with Crippen LogP contribution in [-0.2, 0) is 22.8 Å². The van der Waals surface area contributed by atoms with Crippen molar-refractivity contribution in [2.24, 2.45) is 0 Å². The van der Waals surface area contributed by atoms with Crippen LogP contribution in [0, 0.1) is 5.82 Å². The second-order valence-electron chi connectivity index (χ2n) is 10.1. The average molecular weight is 662 g/mol. The standard InChI is InChI=1S/C33H23F4N5O4S/c34-28-8-4-5-9-30(28)41-31(39-42(32(41)43)25-15-12-23(13-16-25)33(35,36)37)21-46-26-17-10-22(11-18-26)29-19-14-24(20-38-29)40-47(44,45)27-6-2-1-3-7-27/h1-20,40H,21H2. The Bertz CT molecular complexity index is 2180. The predicted molar refractivity (Wildman–Crippen MR) is 165 cm³/mol. The third-order valence-corrected chi connectivity index (χ3v) is 8.36. The molecule has 0 fully saturated rings. The van der Waals surface area contributed by atoms with E-state index in [1.165, 1.54) is 42.6 Å². The highest BCUT2D eigenvalue weighted by Crippen LogP contribution is 2.30. The van der Waals surface area contributed by atoms with Crippen molar-refractivity contribution in [2.45, 2.75) is 17.7 Å². The first kappa shape index (κ1) is 31.2. The lowest BCUT2D eigenvalue weighted by Crippen LogP contribution is -2.24. The summed E-state index contributed by atoms with van der Waals surface area (Å²) in [5.74, 6) is -0.338. The van der Waals surface area contributed by atoms with E-state index in [0.29, 0.717) is 17.0 Å². The molecule has 6 rings (SSSR count). The minimum atomic E-state index is -4.56. The highest BCUT2D eigenvalue weighted by atomic mass is 32.2. The Morgan fingerprint density at radius 2 is 1.49 bits per heavy atom. The minimum Gasteiger partial charge on any atom is -0.486 e. The molecule has 0 atom stereocenters. The molecule has 14 heteroatoms. The van der Waals surface area contributed by atoms with Crippen molar-refractivity contribution >= 4 is 15.7 Å². The third-order valence-electron chi connectivity index (χ3n) is 6.97. The number of aromatic nitrogens is 4. The lowest BCUT2D eigenvalue weighted by Gasteiger charge is -2.10. The molecular formula is C33H23F4N5O4S. The Balaban J connectivity index is 1.21. The highest BCUT2D eigenvalue weighted by molar-refractivity contribution is 7.92. The van der Waals surface area contributed by atoms with Crippen LogP contribution in [0.25, 0.3) is 22.6 Å². The summed E-state index contributed by atoms with van der Waals surface area (Å²) in [6.07, 6.45) is -3.16. The molecule has 9 nitrogen and oxygen atoms in total. The summed E-state index contributed by atoms with van der Waals surface area (Å²) in [6, 6.07) is 27.3. The van der Waals surface area contributed by atoms with E-state index < -0.39 is 33.3 Å². The van der Waals surface area contributed by atoms with E-state index in [-0.39, 0.29) is 34.4 Å². The minimum absolute atomic E-state index is 0.000662. The molecule has 4 aromatic carbocycles. The van der Waals surface area contributed by atoms with E-state index in [9.17, 15) is 30.8 Å². The first-order valence-corrected chi connectivity index (χ1v) is 15.4. The van der Waals surface area contributed by atoms with E-state index in [0.717, 1.165) is 33.5 Å². The fraction of sp³-hybridized carbons (Fsp3) is 0.0606. The largest absolute Gasteiger partial charge is 0.486 e. The van der Waals surface area contributed by atoms with E-state index in [4.69, 9.17) is 4.74 Å². The summed E-state index contributed by atoms with van der Waals surface area (Å²) in [5.41, 5.74) is -0.208. The molecule has 0 radical (unpaired) electrons. The summed E-state index contributed by atoms with van der Waals surface area (Å²) in [5, 5.41) is 4.26. The number of nitrogens with one attached hydrogen (secondary N) is 1. The van der Waals surface area contributed by atoms with Gasteiger partial charge in [0, 0.05) is 5.56 Å². The van der Waals surface area contributed by atoms with Crippen molar-refractivity contribution in [3.8, 4) is 28.4 Å². The molecular weight excluding hydrogens is 638 g/mol. The van der Waals surface area contributed by atoms with Gasteiger partial charge in [0.25, 0.3) is 10.0 Å². The number of benzene rings is 4. The topological polar surface area (TPSA) is 108 Å². The van der Waals surface area contributed by atoms with Crippen molar-refractivity contribution in [1.29, 1.82) is 0 Å². The predicted octanol–water partition coefficient (Wildman–Crippen LogP) is 6.62. The number of anilines is 1. The number of hydrogen-bond donors (Lipinski definition) is 1. The zero-order chi connectivity index (χ0) is 33.2. The average Bonchev–Trinajstić information content (AvgIpc) is 3.40. The Morgan fingerprint density at radius 1 is 0.809 bits per heavy atom. The smallest absolute Gasteiger partial charge is 0.416 e. The van der Waals surface area contributed by atoms with Crippen molar-refractivity contribution in [3.63, 3.8) is 0 Å². The third kappa shape index (κ3) is 6.77. The number of pyridine rings is 1. The van der Waals surface area contributed by atoms with Gasteiger partial charge in [-0.1, -0.05) is 30.3 Å². The maximum absolute atomic E-state index is 14.8. The summed E-state index contributed by atoms with van der Waals surface area (Å²) in [6.45, 7) is -0.287. The molecule has 0 spiro atoms. The van der Waals surface area contributed by atoms with Crippen LogP contribution in [0.4, 0.5) is 23.2 Å². The van der Waals surface area contributed by atoms with Crippen LogP contribution < -0.4 is 15.1 Å². The maximum atomic E-state index is 14.8. The number of sulfonamides is 1. The zero-order valence-corrected chi connectivity index (χ0v) is 24.9. The fourth-order valence-corrected chi connectivity index (χ4v) is 5.71. The molecule has 47 heavy (non-hydrogen) atoms. The van der Waals surface area contributed by atoms with Gasteiger partial charge in [0.2, 0.25) is 0 Å². The van der Waals surface area contributed by atoms with Crippen molar-refractivity contribution in [3.05, 3.63) is 149 Å². The van der Waals surface area contributed by atoms with Gasteiger partial charge in [-0.25, -0.2) is 22.2 Å². The lowest BCUT2D eigenvalue weighted by atomic mass is 10.1. The van der Waals surface area contributed by atoms with Crippen molar-refractivity contribution in [2.75, 3.05) is 4.72 Å². The van der Waals surface area contributed by atoms with Crippen molar-refractivity contribution < 1.29 is 30.7 Å². The summed E-state index contributed by atoms with van der Waals surface area (Å²) in [4.78, 5) is 17.9. The van der Waals surface area contributed by atoms with Crippen LogP contribution in [0.3, 0.4) is 0 Å². The Labute approximate surface area is 265 Å². The zero-order valence-electron chi connectivity index (χ0n) is 24.1. The second kappa shape index (κ2) is 12.6. The molecule has 2 heterocycles. The van der Waals surface area contributed by atoms with Gasteiger partial charge >= 0.3 is 11.9 Å². The molecule has 0 bridgehead atoms. The molecule has 6 aromatic rings. The molecule has 238 valence electrons. The lowest BCUT2D eigenvalue weighted by molar-refractivity contribution is -0.137. The van der Waals surface area contributed by atoms with Gasteiger partial charge in [0.05, 0.1) is 39.4 Å². The van der Waals surface area contributed by atoms with Crippen LogP contribution in [0.1, 0.15) is 11.4 Å². The van der Waals surface area contributed by atoms with Gasteiger partial charge in [0.15, 0.2) is 5.82 Å². The summed E-state index contributed by atoms with van der Waals surface area (Å²) in [7, 11) is -3.77. The van der Waals surface area contributed by atoms with Crippen LogP contribution in [0.2, 0.25) is 0 Å². The number of ether oxygens (including phenoxy) is 1. The Morgan fingerprint density at radius 3 is 2.13 bits per heavy atom. The Hall–Kier alpha value is -5.76. The molecule has 0 aliphatic rings. The Kier molecular flexibility index (Phi) is 8.35. The number of hydrogen-bond acceptors (Lipinski definition) is 6. The number of rotatable bonds is 9. The van der Waals surface area contributed by atoms with Gasteiger partial charge in [-0.05, 0) is 84.9 Å². The summed E-state index contributed by atoms with van der Waals surface area (Å²) < 4.78 is 89.4. The first-order valence-electron chi connectivity index (χ1n) is 13.9. The fourth-order valence-electron chi connectivity index (χ4n) is 4.64. The summed E-state index contributed by atoms with van der Waals surface area (Å²) >= 11 is 0.